The first kappa shape index (κ1) is 17.5. The van der Waals surface area contributed by atoms with E-state index in [1.54, 1.807) is 30.3 Å². The molecule has 2 aromatic carbocycles. The number of hydrogen-bond donors (Lipinski definition) is 2. The lowest BCUT2D eigenvalue weighted by molar-refractivity contribution is 0.0949. The second kappa shape index (κ2) is 7.70. The first-order chi connectivity index (χ1) is 12.5. The van der Waals surface area contributed by atoms with Crippen LogP contribution < -0.4 is 10.6 Å². The van der Waals surface area contributed by atoms with Crippen molar-refractivity contribution >= 4 is 17.5 Å². The Morgan fingerprint density at radius 2 is 1.81 bits per heavy atom. The van der Waals surface area contributed by atoms with Gasteiger partial charge >= 0.3 is 0 Å². The lowest BCUT2D eigenvalue weighted by Gasteiger charge is -2.11. The second-order valence-corrected chi connectivity index (χ2v) is 6.13. The number of benzene rings is 2. The zero-order chi connectivity index (χ0) is 18.5. The third kappa shape index (κ3) is 4.19. The third-order valence-electron chi connectivity index (χ3n) is 4.03. The quantitative estimate of drug-likeness (QED) is 0.730. The molecular formula is C21H20N2O3. The summed E-state index contributed by atoms with van der Waals surface area (Å²) < 4.78 is 5.09. The Labute approximate surface area is 152 Å². The summed E-state index contributed by atoms with van der Waals surface area (Å²) in [4.78, 5) is 24.6. The van der Waals surface area contributed by atoms with E-state index in [4.69, 9.17) is 4.42 Å². The van der Waals surface area contributed by atoms with Gasteiger partial charge in [0.1, 0.15) is 0 Å². The molecule has 0 spiro atoms. The van der Waals surface area contributed by atoms with E-state index in [-0.39, 0.29) is 17.6 Å². The van der Waals surface area contributed by atoms with Crippen LogP contribution in [0.15, 0.2) is 65.3 Å². The van der Waals surface area contributed by atoms with Gasteiger partial charge in [0.2, 0.25) is 0 Å². The van der Waals surface area contributed by atoms with Crippen LogP contribution in [0.25, 0.3) is 0 Å². The van der Waals surface area contributed by atoms with Gasteiger partial charge < -0.3 is 15.1 Å². The van der Waals surface area contributed by atoms with E-state index in [2.05, 4.69) is 10.6 Å². The maximum absolute atomic E-state index is 12.4. The molecular weight excluding hydrogens is 328 g/mol. The van der Waals surface area contributed by atoms with E-state index in [1.807, 2.05) is 38.1 Å². The predicted molar refractivity (Wildman–Crippen MR) is 100 cm³/mol. The van der Waals surface area contributed by atoms with Crippen LogP contribution in [0.3, 0.4) is 0 Å². The number of hydrogen-bond acceptors (Lipinski definition) is 3. The van der Waals surface area contributed by atoms with Gasteiger partial charge in [-0.2, -0.15) is 0 Å². The van der Waals surface area contributed by atoms with Gasteiger partial charge in [-0.25, -0.2) is 0 Å². The summed E-state index contributed by atoms with van der Waals surface area (Å²) in [5.41, 5.74) is 4.11. The number of nitrogens with one attached hydrogen (secondary N) is 2. The molecule has 0 radical (unpaired) electrons. The van der Waals surface area contributed by atoms with Crippen molar-refractivity contribution < 1.29 is 14.0 Å². The van der Waals surface area contributed by atoms with Crippen molar-refractivity contribution in [2.75, 3.05) is 5.32 Å². The topological polar surface area (TPSA) is 71.3 Å². The monoisotopic (exact) mass is 348 g/mol. The van der Waals surface area contributed by atoms with E-state index < -0.39 is 0 Å². The summed E-state index contributed by atoms with van der Waals surface area (Å²) >= 11 is 0. The average molecular weight is 348 g/mol. The molecule has 2 amide bonds. The van der Waals surface area contributed by atoms with E-state index in [0.29, 0.717) is 17.8 Å². The third-order valence-corrected chi connectivity index (χ3v) is 4.03. The number of anilines is 1. The van der Waals surface area contributed by atoms with Gasteiger partial charge in [0.25, 0.3) is 11.8 Å². The summed E-state index contributed by atoms with van der Waals surface area (Å²) in [6.45, 7) is 4.33. The number of rotatable bonds is 5. The number of amides is 2. The van der Waals surface area contributed by atoms with E-state index in [0.717, 1.165) is 16.7 Å². The maximum Gasteiger partial charge on any atom is 0.291 e. The fraction of sp³-hybridized carbons (Fsp3) is 0.143. The number of carbonyl (C=O) groups excluding carboxylic acids is 2. The molecule has 5 heteroatoms. The van der Waals surface area contributed by atoms with Crippen LogP contribution in [0.5, 0.6) is 0 Å². The lowest BCUT2D eigenvalue weighted by atomic mass is 10.1. The van der Waals surface area contributed by atoms with Crippen LogP contribution in [0.1, 0.15) is 37.6 Å². The molecule has 0 aliphatic rings. The zero-order valence-electron chi connectivity index (χ0n) is 14.7. The van der Waals surface area contributed by atoms with Crippen molar-refractivity contribution in [2.24, 2.45) is 0 Å². The first-order valence-electron chi connectivity index (χ1n) is 8.32. The van der Waals surface area contributed by atoms with Gasteiger partial charge in [-0.15, -0.1) is 0 Å². The Hall–Kier alpha value is -3.34. The average Bonchev–Trinajstić information content (AvgIpc) is 3.16. The van der Waals surface area contributed by atoms with Crippen molar-refractivity contribution in [3.63, 3.8) is 0 Å². The summed E-state index contributed by atoms with van der Waals surface area (Å²) in [7, 11) is 0. The summed E-state index contributed by atoms with van der Waals surface area (Å²) in [5.74, 6) is -0.325. The van der Waals surface area contributed by atoms with Gasteiger partial charge in [-0.1, -0.05) is 35.9 Å². The highest BCUT2D eigenvalue weighted by Gasteiger charge is 2.13. The molecule has 0 atom stereocenters. The molecule has 3 rings (SSSR count). The minimum absolute atomic E-state index is 0.194. The molecule has 0 saturated carbocycles. The van der Waals surface area contributed by atoms with Gasteiger partial charge in [0.15, 0.2) is 5.76 Å². The molecule has 2 N–H and O–H groups in total. The van der Waals surface area contributed by atoms with E-state index >= 15 is 0 Å². The van der Waals surface area contributed by atoms with E-state index in [9.17, 15) is 9.59 Å². The number of furan rings is 1. The predicted octanol–water partition coefficient (Wildman–Crippen LogP) is 4.08. The Kier molecular flexibility index (Phi) is 5.17. The van der Waals surface area contributed by atoms with Gasteiger partial charge in [0, 0.05) is 17.8 Å². The molecule has 0 unspecified atom stereocenters. The van der Waals surface area contributed by atoms with E-state index in [1.165, 1.54) is 6.26 Å². The smallest absolute Gasteiger partial charge is 0.291 e. The van der Waals surface area contributed by atoms with Crippen molar-refractivity contribution in [3.8, 4) is 0 Å². The van der Waals surface area contributed by atoms with Gasteiger partial charge in [-0.3, -0.25) is 9.59 Å². The number of aryl methyl sites for hydroxylation is 2. The van der Waals surface area contributed by atoms with Crippen LogP contribution in [-0.4, -0.2) is 11.8 Å². The highest BCUT2D eigenvalue weighted by molar-refractivity contribution is 6.03. The summed E-state index contributed by atoms with van der Waals surface area (Å²) in [5, 5.41) is 5.68. The van der Waals surface area contributed by atoms with Crippen LogP contribution in [0.2, 0.25) is 0 Å². The molecule has 0 fully saturated rings. The highest BCUT2D eigenvalue weighted by atomic mass is 16.3. The molecule has 26 heavy (non-hydrogen) atoms. The summed E-state index contributed by atoms with van der Waals surface area (Å²) in [6, 6.07) is 16.4. The molecule has 1 aromatic heterocycles. The SMILES string of the molecule is Cc1cccc(CNC(=O)c2ccc(C)c(NC(=O)c3ccco3)c2)c1. The standard InChI is InChI=1S/C21H20N2O3/c1-14-5-3-6-16(11-14)13-22-20(24)17-9-8-15(2)18(12-17)23-21(25)19-7-4-10-26-19/h3-12H,13H2,1-2H3,(H,22,24)(H,23,25). The Balaban J connectivity index is 1.70. The molecule has 132 valence electrons. The minimum Gasteiger partial charge on any atom is -0.459 e. The normalized spacial score (nSPS) is 10.4. The molecule has 0 aliphatic heterocycles. The molecule has 1 heterocycles. The highest BCUT2D eigenvalue weighted by Crippen LogP contribution is 2.18. The lowest BCUT2D eigenvalue weighted by Crippen LogP contribution is -2.23. The molecule has 3 aromatic rings. The van der Waals surface area contributed by atoms with Crippen LogP contribution in [0, 0.1) is 13.8 Å². The van der Waals surface area contributed by atoms with Crippen molar-refractivity contribution in [1.82, 2.24) is 5.32 Å². The van der Waals surface area contributed by atoms with Crippen LogP contribution in [0.4, 0.5) is 5.69 Å². The largest absolute Gasteiger partial charge is 0.459 e. The minimum atomic E-state index is -0.351. The van der Waals surface area contributed by atoms with Crippen molar-refractivity contribution in [1.29, 1.82) is 0 Å². The maximum atomic E-state index is 12.4. The molecule has 0 saturated heterocycles. The number of carbonyl (C=O) groups is 2. The molecule has 5 nitrogen and oxygen atoms in total. The van der Waals surface area contributed by atoms with Gasteiger partial charge in [0.05, 0.1) is 6.26 Å². The van der Waals surface area contributed by atoms with Crippen molar-refractivity contribution in [2.45, 2.75) is 20.4 Å². The van der Waals surface area contributed by atoms with Crippen LogP contribution >= 0.6 is 0 Å². The Bertz CT molecular complexity index is 930. The Morgan fingerprint density at radius 3 is 2.54 bits per heavy atom. The molecule has 0 aliphatic carbocycles. The second-order valence-electron chi connectivity index (χ2n) is 6.13. The molecule has 0 bridgehead atoms. The fourth-order valence-electron chi connectivity index (χ4n) is 2.60. The van der Waals surface area contributed by atoms with Crippen LogP contribution in [-0.2, 0) is 6.54 Å². The van der Waals surface area contributed by atoms with Crippen molar-refractivity contribution in [3.05, 3.63) is 88.9 Å². The zero-order valence-corrected chi connectivity index (χ0v) is 14.7. The fourth-order valence-corrected chi connectivity index (χ4v) is 2.60. The summed E-state index contributed by atoms with van der Waals surface area (Å²) in [6.07, 6.45) is 1.44. The Morgan fingerprint density at radius 1 is 0.962 bits per heavy atom. The first-order valence-corrected chi connectivity index (χ1v) is 8.32. The van der Waals surface area contributed by atoms with Gasteiger partial charge in [-0.05, 0) is 49.2 Å².